The lowest BCUT2D eigenvalue weighted by Gasteiger charge is -2.04. The molecule has 9 heteroatoms. The predicted octanol–water partition coefficient (Wildman–Crippen LogP) is 2.88. The molecule has 0 aliphatic carbocycles. The van der Waals surface area contributed by atoms with Crippen LogP contribution in [0.3, 0.4) is 0 Å². The molecule has 28 heavy (non-hydrogen) atoms. The van der Waals surface area contributed by atoms with Crippen molar-refractivity contribution in [3.05, 3.63) is 51.6 Å². The maximum Gasteiger partial charge on any atom is 0.287 e. The Hall–Kier alpha value is -3.20. The Balaban J connectivity index is 1.62. The standard InChI is InChI=1S/C19H21N5O3S/c1-4-5-16-20-11(2)17(28-16)19(26)24-23-18(25)15-10-14(21-22-15)12-6-8-13(27-3)9-7-12/h6-10H,4-5H2,1-3H3,(H,21,22)(H,23,25)(H,24,26). The van der Waals surface area contributed by atoms with Crippen molar-refractivity contribution in [1.82, 2.24) is 26.0 Å². The number of nitrogens with one attached hydrogen (secondary N) is 3. The molecule has 0 atom stereocenters. The molecule has 3 aromatic rings. The lowest BCUT2D eigenvalue weighted by atomic mass is 10.1. The summed E-state index contributed by atoms with van der Waals surface area (Å²) in [5.74, 6) is -0.141. The number of thiazole rings is 1. The van der Waals surface area contributed by atoms with Crippen molar-refractivity contribution >= 4 is 23.2 Å². The van der Waals surface area contributed by atoms with Crippen molar-refractivity contribution < 1.29 is 14.3 Å². The number of aryl methyl sites for hydroxylation is 2. The highest BCUT2D eigenvalue weighted by Gasteiger charge is 2.17. The minimum Gasteiger partial charge on any atom is -0.497 e. The molecule has 0 bridgehead atoms. The van der Waals surface area contributed by atoms with Crippen LogP contribution in [0.25, 0.3) is 11.3 Å². The molecule has 2 amide bonds. The highest BCUT2D eigenvalue weighted by atomic mass is 32.1. The van der Waals surface area contributed by atoms with E-state index in [2.05, 4.69) is 33.0 Å². The number of aromatic nitrogens is 3. The van der Waals surface area contributed by atoms with E-state index in [0.717, 1.165) is 29.2 Å². The van der Waals surface area contributed by atoms with Crippen LogP contribution in [0.1, 0.15) is 44.2 Å². The molecule has 0 aliphatic heterocycles. The summed E-state index contributed by atoms with van der Waals surface area (Å²) in [6.45, 7) is 3.84. The number of benzene rings is 1. The minimum absolute atomic E-state index is 0.235. The van der Waals surface area contributed by atoms with Gasteiger partial charge in [0.25, 0.3) is 11.8 Å². The van der Waals surface area contributed by atoms with Gasteiger partial charge < -0.3 is 4.74 Å². The fraction of sp³-hybridized carbons (Fsp3) is 0.263. The Kier molecular flexibility index (Phi) is 6.05. The van der Waals surface area contributed by atoms with Gasteiger partial charge in [0.1, 0.15) is 16.3 Å². The number of hydrogen-bond acceptors (Lipinski definition) is 6. The van der Waals surface area contributed by atoms with Gasteiger partial charge in [0.15, 0.2) is 0 Å². The highest BCUT2D eigenvalue weighted by molar-refractivity contribution is 7.13. The van der Waals surface area contributed by atoms with Crippen LogP contribution in [0.2, 0.25) is 0 Å². The van der Waals surface area contributed by atoms with Crippen molar-refractivity contribution in [2.45, 2.75) is 26.7 Å². The molecular weight excluding hydrogens is 378 g/mol. The lowest BCUT2D eigenvalue weighted by molar-refractivity contribution is 0.0845. The largest absolute Gasteiger partial charge is 0.497 e. The van der Waals surface area contributed by atoms with Crippen LogP contribution in [-0.2, 0) is 6.42 Å². The molecular formula is C19H21N5O3S. The van der Waals surface area contributed by atoms with E-state index in [1.54, 1.807) is 20.1 Å². The fourth-order valence-electron chi connectivity index (χ4n) is 2.57. The van der Waals surface area contributed by atoms with Gasteiger partial charge in [0.05, 0.1) is 23.5 Å². The van der Waals surface area contributed by atoms with Gasteiger partial charge in [0, 0.05) is 5.56 Å². The molecule has 2 heterocycles. The van der Waals surface area contributed by atoms with Crippen LogP contribution in [-0.4, -0.2) is 34.1 Å². The van der Waals surface area contributed by atoms with E-state index in [9.17, 15) is 9.59 Å². The van der Waals surface area contributed by atoms with Crippen LogP contribution in [0.5, 0.6) is 5.75 Å². The number of rotatable bonds is 6. The van der Waals surface area contributed by atoms with E-state index in [1.165, 1.54) is 11.3 Å². The van der Waals surface area contributed by atoms with Gasteiger partial charge in [-0.05, 0) is 50.1 Å². The molecule has 3 N–H and O–H groups in total. The molecule has 0 radical (unpaired) electrons. The van der Waals surface area contributed by atoms with E-state index < -0.39 is 5.91 Å². The fourth-order valence-corrected chi connectivity index (χ4v) is 3.63. The van der Waals surface area contributed by atoms with Gasteiger partial charge in [-0.25, -0.2) is 4.98 Å². The van der Waals surface area contributed by atoms with Crippen LogP contribution < -0.4 is 15.6 Å². The third-order valence-electron chi connectivity index (χ3n) is 4.01. The van der Waals surface area contributed by atoms with Crippen molar-refractivity contribution in [2.24, 2.45) is 0 Å². The Morgan fingerprint density at radius 2 is 1.89 bits per heavy atom. The zero-order valence-corrected chi connectivity index (χ0v) is 16.6. The van der Waals surface area contributed by atoms with Crippen LogP contribution in [0.4, 0.5) is 0 Å². The summed E-state index contributed by atoms with van der Waals surface area (Å²) >= 11 is 1.34. The molecule has 0 fully saturated rings. The van der Waals surface area contributed by atoms with Crippen LogP contribution in [0.15, 0.2) is 30.3 Å². The second-order valence-corrected chi connectivity index (χ2v) is 7.16. The molecule has 0 spiro atoms. The number of ether oxygens (including phenoxy) is 1. The molecule has 3 rings (SSSR count). The van der Waals surface area contributed by atoms with Crippen molar-refractivity contribution in [2.75, 3.05) is 7.11 Å². The molecule has 1 aromatic carbocycles. The van der Waals surface area contributed by atoms with E-state index >= 15 is 0 Å². The Bertz CT molecular complexity index is 978. The third kappa shape index (κ3) is 4.37. The zero-order chi connectivity index (χ0) is 20.1. The first-order valence-corrected chi connectivity index (χ1v) is 9.60. The first kappa shape index (κ1) is 19.6. The van der Waals surface area contributed by atoms with Gasteiger partial charge in [-0.15, -0.1) is 11.3 Å². The Morgan fingerprint density at radius 1 is 1.18 bits per heavy atom. The topological polar surface area (TPSA) is 109 Å². The zero-order valence-electron chi connectivity index (χ0n) is 15.8. The summed E-state index contributed by atoms with van der Waals surface area (Å²) in [4.78, 5) is 29.5. The molecule has 0 saturated heterocycles. The number of aromatic amines is 1. The number of hydrazine groups is 1. The van der Waals surface area contributed by atoms with Crippen molar-refractivity contribution in [3.8, 4) is 17.0 Å². The third-order valence-corrected chi connectivity index (χ3v) is 5.22. The summed E-state index contributed by atoms with van der Waals surface area (Å²) in [5, 5.41) is 7.72. The maximum atomic E-state index is 12.3. The quantitative estimate of drug-likeness (QED) is 0.552. The summed E-state index contributed by atoms with van der Waals surface area (Å²) in [5.41, 5.74) is 7.16. The monoisotopic (exact) mass is 399 g/mol. The number of carbonyl (C=O) groups excluding carboxylic acids is 2. The number of H-pyrrole nitrogens is 1. The second kappa shape index (κ2) is 8.66. The van der Waals surface area contributed by atoms with Gasteiger partial charge in [-0.1, -0.05) is 6.92 Å². The summed E-state index contributed by atoms with van der Waals surface area (Å²) in [6, 6.07) is 8.93. The highest BCUT2D eigenvalue weighted by Crippen LogP contribution is 2.21. The average molecular weight is 399 g/mol. The first-order chi connectivity index (χ1) is 13.5. The van der Waals surface area contributed by atoms with Gasteiger partial charge >= 0.3 is 0 Å². The van der Waals surface area contributed by atoms with Gasteiger partial charge in [-0.2, -0.15) is 5.10 Å². The van der Waals surface area contributed by atoms with E-state index in [0.29, 0.717) is 16.3 Å². The summed E-state index contributed by atoms with van der Waals surface area (Å²) in [7, 11) is 1.60. The molecule has 0 aliphatic rings. The van der Waals surface area contributed by atoms with Crippen LogP contribution in [0, 0.1) is 6.92 Å². The van der Waals surface area contributed by atoms with E-state index in [-0.39, 0.29) is 11.6 Å². The van der Waals surface area contributed by atoms with E-state index in [1.807, 2.05) is 24.3 Å². The SMILES string of the molecule is CCCc1nc(C)c(C(=O)NNC(=O)c2cc(-c3ccc(OC)cc3)n[nH]2)s1. The number of amides is 2. The van der Waals surface area contributed by atoms with Crippen LogP contribution >= 0.6 is 11.3 Å². The minimum atomic E-state index is -0.489. The van der Waals surface area contributed by atoms with Crippen molar-refractivity contribution in [3.63, 3.8) is 0 Å². The molecule has 146 valence electrons. The summed E-state index contributed by atoms with van der Waals surface area (Å²) < 4.78 is 5.13. The smallest absolute Gasteiger partial charge is 0.287 e. The number of carbonyl (C=O) groups is 2. The lowest BCUT2D eigenvalue weighted by Crippen LogP contribution is -2.41. The average Bonchev–Trinajstić information content (AvgIpc) is 3.33. The molecule has 2 aromatic heterocycles. The Morgan fingerprint density at radius 3 is 2.57 bits per heavy atom. The van der Waals surface area contributed by atoms with Crippen molar-refractivity contribution in [1.29, 1.82) is 0 Å². The molecule has 0 unspecified atom stereocenters. The molecule has 0 saturated carbocycles. The summed E-state index contributed by atoms with van der Waals surface area (Å²) in [6.07, 6.45) is 1.79. The number of nitrogens with zero attached hydrogens (tertiary/aromatic N) is 2. The Labute approximate surface area is 166 Å². The second-order valence-electron chi connectivity index (χ2n) is 6.08. The number of hydrogen-bond donors (Lipinski definition) is 3. The normalized spacial score (nSPS) is 10.5. The number of methoxy groups -OCH3 is 1. The maximum absolute atomic E-state index is 12.3. The van der Waals surface area contributed by atoms with Gasteiger partial charge in [0.2, 0.25) is 0 Å². The first-order valence-electron chi connectivity index (χ1n) is 8.78. The van der Waals surface area contributed by atoms with E-state index in [4.69, 9.17) is 4.74 Å². The predicted molar refractivity (Wildman–Crippen MR) is 106 cm³/mol. The molecule has 8 nitrogen and oxygen atoms in total. The van der Waals surface area contributed by atoms with Gasteiger partial charge in [-0.3, -0.25) is 25.5 Å².